The summed E-state index contributed by atoms with van der Waals surface area (Å²) < 4.78 is 29.4. The van der Waals surface area contributed by atoms with E-state index in [0.717, 1.165) is 13.4 Å². The second-order valence-corrected chi connectivity index (χ2v) is 12.8. The highest BCUT2D eigenvalue weighted by molar-refractivity contribution is 14.1. The molecule has 0 bridgehead atoms. The molecule has 0 heterocycles. The first-order valence-electron chi connectivity index (χ1n) is 11.9. The minimum atomic E-state index is -4.06. The second-order valence-electron chi connectivity index (χ2n) is 9.72. The van der Waals surface area contributed by atoms with E-state index in [0.29, 0.717) is 5.69 Å². The van der Waals surface area contributed by atoms with Crippen molar-refractivity contribution in [1.29, 1.82) is 0 Å². The van der Waals surface area contributed by atoms with Gasteiger partial charge in [0.25, 0.3) is 10.0 Å². The van der Waals surface area contributed by atoms with Crippen molar-refractivity contribution in [3.63, 3.8) is 0 Å². The molecule has 0 saturated carbocycles. The van der Waals surface area contributed by atoms with Gasteiger partial charge in [-0.25, -0.2) is 8.42 Å². The summed E-state index contributed by atoms with van der Waals surface area (Å²) in [4.78, 5) is 28.4. The number of benzene rings is 3. The molecule has 0 aliphatic carbocycles. The molecule has 0 aliphatic heterocycles. The fourth-order valence-electron chi connectivity index (χ4n) is 3.69. The number of sulfonamides is 1. The van der Waals surface area contributed by atoms with E-state index in [1.807, 2.05) is 51.1 Å². The van der Waals surface area contributed by atoms with Crippen LogP contribution >= 0.6 is 22.6 Å². The van der Waals surface area contributed by atoms with Crippen LogP contribution in [0.25, 0.3) is 0 Å². The fourth-order valence-corrected chi connectivity index (χ4v) is 5.49. The lowest BCUT2D eigenvalue weighted by Crippen LogP contribution is -2.54. The van der Waals surface area contributed by atoms with Crippen LogP contribution in [0, 0.1) is 3.57 Å². The SMILES string of the molecule is C[C@H](C(=O)NC(C)(C)C)N(Cc1ccccc1)C(=O)CN(c1ccc(I)cc1)S(=O)(=O)c1ccccc1. The molecule has 37 heavy (non-hydrogen) atoms. The van der Waals surface area contributed by atoms with Crippen LogP contribution in [0.3, 0.4) is 0 Å². The predicted molar refractivity (Wildman–Crippen MR) is 154 cm³/mol. The Morgan fingerprint density at radius 2 is 1.43 bits per heavy atom. The van der Waals surface area contributed by atoms with Crippen LogP contribution in [0.4, 0.5) is 5.69 Å². The van der Waals surface area contributed by atoms with Gasteiger partial charge in [-0.1, -0.05) is 48.5 Å². The number of amides is 2. The maximum atomic E-state index is 13.8. The number of nitrogens with zero attached hydrogens (tertiary/aromatic N) is 2. The molecule has 9 heteroatoms. The molecule has 0 aliphatic rings. The van der Waals surface area contributed by atoms with Gasteiger partial charge in [0.05, 0.1) is 10.6 Å². The van der Waals surface area contributed by atoms with Crippen molar-refractivity contribution in [3.05, 3.63) is 94.1 Å². The van der Waals surface area contributed by atoms with Crippen molar-refractivity contribution < 1.29 is 18.0 Å². The van der Waals surface area contributed by atoms with E-state index in [2.05, 4.69) is 27.9 Å². The lowest BCUT2D eigenvalue weighted by atomic mass is 10.1. The van der Waals surface area contributed by atoms with Gasteiger partial charge in [0.1, 0.15) is 12.6 Å². The number of carbonyl (C=O) groups excluding carboxylic acids is 2. The zero-order valence-corrected chi connectivity index (χ0v) is 24.4. The molecule has 0 unspecified atom stereocenters. The molecule has 0 aromatic heterocycles. The molecule has 1 N–H and O–H groups in total. The molecule has 7 nitrogen and oxygen atoms in total. The monoisotopic (exact) mass is 633 g/mol. The molecule has 3 rings (SSSR count). The van der Waals surface area contributed by atoms with E-state index in [1.165, 1.54) is 17.0 Å². The van der Waals surface area contributed by atoms with Gasteiger partial charge >= 0.3 is 0 Å². The number of hydrogen-bond acceptors (Lipinski definition) is 4. The summed E-state index contributed by atoms with van der Waals surface area (Å²) in [5, 5.41) is 2.92. The number of anilines is 1. The second kappa shape index (κ2) is 12.1. The highest BCUT2D eigenvalue weighted by Gasteiger charge is 2.33. The smallest absolute Gasteiger partial charge is 0.264 e. The first kappa shape index (κ1) is 28.6. The minimum absolute atomic E-state index is 0.0782. The first-order chi connectivity index (χ1) is 17.4. The number of halogens is 1. The van der Waals surface area contributed by atoms with E-state index in [4.69, 9.17) is 0 Å². The summed E-state index contributed by atoms with van der Waals surface area (Å²) in [5.41, 5.74) is 0.707. The van der Waals surface area contributed by atoms with Gasteiger partial charge in [0, 0.05) is 15.7 Å². The van der Waals surface area contributed by atoms with Crippen LogP contribution in [-0.2, 0) is 26.2 Å². The van der Waals surface area contributed by atoms with Gasteiger partial charge in [0.2, 0.25) is 11.8 Å². The fraction of sp³-hybridized carbons (Fsp3) is 0.286. The summed E-state index contributed by atoms with van der Waals surface area (Å²) in [6, 6.07) is 23.4. The predicted octanol–water partition coefficient (Wildman–Crippen LogP) is 4.82. The first-order valence-corrected chi connectivity index (χ1v) is 14.4. The normalized spacial score (nSPS) is 12.5. The van der Waals surface area contributed by atoms with Crippen molar-refractivity contribution in [2.75, 3.05) is 10.8 Å². The highest BCUT2D eigenvalue weighted by atomic mass is 127. The molecule has 0 spiro atoms. The van der Waals surface area contributed by atoms with Crippen LogP contribution < -0.4 is 9.62 Å². The van der Waals surface area contributed by atoms with E-state index < -0.39 is 34.1 Å². The summed E-state index contributed by atoms with van der Waals surface area (Å²) in [5.74, 6) is -0.804. The lowest BCUT2D eigenvalue weighted by molar-refractivity contribution is -0.140. The highest BCUT2D eigenvalue weighted by Crippen LogP contribution is 2.25. The molecule has 1 atom stereocenters. The van der Waals surface area contributed by atoms with Crippen LogP contribution in [0.1, 0.15) is 33.3 Å². The molecule has 0 fully saturated rings. The third-order valence-corrected chi connectivity index (χ3v) is 8.09. The van der Waals surface area contributed by atoms with Crippen LogP contribution in [0.2, 0.25) is 0 Å². The Balaban J connectivity index is 2.00. The maximum Gasteiger partial charge on any atom is 0.264 e. The number of carbonyl (C=O) groups is 2. The van der Waals surface area contributed by atoms with Crippen LogP contribution in [0.15, 0.2) is 89.8 Å². The summed E-state index contributed by atoms with van der Waals surface area (Å²) in [6.07, 6.45) is 0. The molecule has 3 aromatic carbocycles. The molecule has 0 radical (unpaired) electrons. The molecular weight excluding hydrogens is 601 g/mol. The van der Waals surface area contributed by atoms with Gasteiger partial charge in [0.15, 0.2) is 0 Å². The van der Waals surface area contributed by atoms with Gasteiger partial charge in [-0.2, -0.15) is 0 Å². The summed E-state index contributed by atoms with van der Waals surface area (Å²) in [6.45, 7) is 6.95. The minimum Gasteiger partial charge on any atom is -0.350 e. The zero-order valence-electron chi connectivity index (χ0n) is 21.4. The average molecular weight is 634 g/mol. The van der Waals surface area contributed by atoms with Crippen molar-refractivity contribution >= 4 is 50.1 Å². The molecule has 196 valence electrons. The Morgan fingerprint density at radius 1 is 0.892 bits per heavy atom. The Labute approximate surface area is 233 Å². The van der Waals surface area contributed by atoms with Crippen molar-refractivity contribution in [2.45, 2.75) is 50.7 Å². The summed E-state index contributed by atoms with van der Waals surface area (Å²) >= 11 is 2.14. The van der Waals surface area contributed by atoms with Crippen molar-refractivity contribution in [2.24, 2.45) is 0 Å². The number of nitrogens with one attached hydrogen (secondary N) is 1. The van der Waals surface area contributed by atoms with Gasteiger partial charge in [-0.05, 0) is 92.2 Å². The molecule has 2 amide bonds. The Morgan fingerprint density at radius 3 is 1.97 bits per heavy atom. The average Bonchev–Trinajstić information content (AvgIpc) is 2.86. The molecular formula is C28H32IN3O4S. The van der Waals surface area contributed by atoms with Gasteiger partial charge in [-0.3, -0.25) is 13.9 Å². The van der Waals surface area contributed by atoms with E-state index in [-0.39, 0.29) is 17.3 Å². The van der Waals surface area contributed by atoms with E-state index in [9.17, 15) is 18.0 Å². The molecule has 0 saturated heterocycles. The van der Waals surface area contributed by atoms with E-state index >= 15 is 0 Å². The van der Waals surface area contributed by atoms with Crippen LogP contribution in [0.5, 0.6) is 0 Å². The van der Waals surface area contributed by atoms with Gasteiger partial charge < -0.3 is 10.2 Å². The third kappa shape index (κ3) is 7.78. The number of rotatable bonds is 9. The largest absolute Gasteiger partial charge is 0.350 e. The van der Waals surface area contributed by atoms with Gasteiger partial charge in [-0.15, -0.1) is 0 Å². The van der Waals surface area contributed by atoms with Crippen molar-refractivity contribution in [1.82, 2.24) is 10.2 Å². The Kier molecular flexibility index (Phi) is 9.36. The van der Waals surface area contributed by atoms with E-state index in [1.54, 1.807) is 49.4 Å². The van der Waals surface area contributed by atoms with Crippen molar-refractivity contribution in [3.8, 4) is 0 Å². The third-order valence-electron chi connectivity index (χ3n) is 5.59. The Bertz CT molecular complexity index is 1310. The lowest BCUT2D eigenvalue weighted by Gasteiger charge is -2.33. The number of hydrogen-bond donors (Lipinski definition) is 1. The quantitative estimate of drug-likeness (QED) is 0.343. The molecule has 3 aromatic rings. The van der Waals surface area contributed by atoms with Crippen LogP contribution in [-0.4, -0.2) is 43.3 Å². The summed E-state index contributed by atoms with van der Waals surface area (Å²) in [7, 11) is -4.06. The zero-order chi connectivity index (χ0) is 27.2. The topological polar surface area (TPSA) is 86.8 Å². The standard InChI is InChI=1S/C28H32IN3O4S/c1-21(27(34)30-28(2,3)4)31(19-22-11-7-5-8-12-22)26(33)20-32(24-17-15-23(29)16-18-24)37(35,36)25-13-9-6-10-14-25/h5-18,21H,19-20H2,1-4H3,(H,30,34)/t21-/m1/s1. The Hall–Kier alpha value is -2.92. The maximum absolute atomic E-state index is 13.8.